The molecule has 0 aromatic carbocycles. The lowest BCUT2D eigenvalue weighted by atomic mass is 10.2. The van der Waals surface area contributed by atoms with Gasteiger partial charge in [-0.25, -0.2) is 18.1 Å². The lowest BCUT2D eigenvalue weighted by molar-refractivity contribution is 0.568. The molecule has 0 aliphatic heterocycles. The van der Waals surface area contributed by atoms with Crippen LogP contribution in [0.1, 0.15) is 28.5 Å². The molecule has 1 aromatic rings. The van der Waals surface area contributed by atoms with E-state index in [1.54, 1.807) is 0 Å². The quantitative estimate of drug-likeness (QED) is 0.819. The maximum absolute atomic E-state index is 11.5. The van der Waals surface area contributed by atoms with Gasteiger partial charge in [-0.15, -0.1) is 11.3 Å². The Morgan fingerprint density at radius 3 is 2.56 bits per heavy atom. The van der Waals surface area contributed by atoms with Crippen molar-refractivity contribution < 1.29 is 8.42 Å². The first-order valence-electron chi connectivity index (χ1n) is 4.99. The van der Waals surface area contributed by atoms with Crippen LogP contribution in [0.15, 0.2) is 0 Å². The van der Waals surface area contributed by atoms with Crippen molar-refractivity contribution >= 4 is 21.4 Å². The zero-order chi connectivity index (χ0) is 12.3. The number of hydrogen-bond acceptors (Lipinski definition) is 5. The first kappa shape index (κ1) is 13.6. The number of sulfonamides is 1. The van der Waals surface area contributed by atoms with Gasteiger partial charge in [0.05, 0.1) is 22.5 Å². The normalized spacial score (nSPS) is 14.0. The fraction of sp³-hybridized carbons (Fsp3) is 0.667. The third-order valence-corrected chi connectivity index (χ3v) is 4.82. The Bertz CT molecular complexity index is 453. The van der Waals surface area contributed by atoms with Crippen LogP contribution in [0.4, 0.5) is 0 Å². The standard InChI is InChI=1S/C9H17N3O2S2/c1-6-9(15-8(3)11-6)7(2)12-16(13,14)5-4-10/h7,12H,4-5,10H2,1-3H3. The lowest BCUT2D eigenvalue weighted by Gasteiger charge is -2.12. The van der Waals surface area contributed by atoms with Gasteiger partial charge in [0.15, 0.2) is 0 Å². The van der Waals surface area contributed by atoms with Gasteiger partial charge in [-0.2, -0.15) is 0 Å². The van der Waals surface area contributed by atoms with E-state index in [1.165, 1.54) is 11.3 Å². The van der Waals surface area contributed by atoms with E-state index in [9.17, 15) is 8.42 Å². The van der Waals surface area contributed by atoms with Crippen LogP contribution in [0.5, 0.6) is 0 Å². The second-order valence-corrected chi connectivity index (χ2v) is 6.74. The van der Waals surface area contributed by atoms with Crippen LogP contribution in [-0.4, -0.2) is 25.7 Å². The van der Waals surface area contributed by atoms with Gasteiger partial charge in [0.1, 0.15) is 0 Å². The second-order valence-electron chi connectivity index (χ2n) is 3.63. The number of rotatable bonds is 5. The molecule has 5 nitrogen and oxygen atoms in total. The summed E-state index contributed by atoms with van der Waals surface area (Å²) in [7, 11) is -3.28. The Morgan fingerprint density at radius 2 is 2.12 bits per heavy atom. The van der Waals surface area contributed by atoms with E-state index in [0.29, 0.717) is 0 Å². The Balaban J connectivity index is 2.80. The van der Waals surface area contributed by atoms with E-state index in [-0.39, 0.29) is 18.3 Å². The minimum Gasteiger partial charge on any atom is -0.329 e. The van der Waals surface area contributed by atoms with Crippen molar-refractivity contribution in [2.24, 2.45) is 5.73 Å². The van der Waals surface area contributed by atoms with Gasteiger partial charge >= 0.3 is 0 Å². The molecule has 0 aliphatic rings. The van der Waals surface area contributed by atoms with Crippen LogP contribution in [0.2, 0.25) is 0 Å². The third-order valence-electron chi connectivity index (χ3n) is 2.08. The average molecular weight is 263 g/mol. The highest BCUT2D eigenvalue weighted by molar-refractivity contribution is 7.89. The summed E-state index contributed by atoms with van der Waals surface area (Å²) < 4.78 is 25.6. The van der Waals surface area contributed by atoms with Gasteiger partial charge in [-0.3, -0.25) is 0 Å². The molecule has 0 saturated carbocycles. The number of nitrogens with two attached hydrogens (primary N) is 1. The van der Waals surface area contributed by atoms with Crippen molar-refractivity contribution in [1.82, 2.24) is 9.71 Å². The van der Waals surface area contributed by atoms with Crippen LogP contribution in [0, 0.1) is 13.8 Å². The first-order valence-corrected chi connectivity index (χ1v) is 7.46. The fourth-order valence-electron chi connectivity index (χ4n) is 1.49. The predicted octanol–water partition coefficient (Wildman–Crippen LogP) is 0.699. The minimum atomic E-state index is -3.28. The lowest BCUT2D eigenvalue weighted by Crippen LogP contribution is -2.31. The maximum Gasteiger partial charge on any atom is 0.213 e. The van der Waals surface area contributed by atoms with Gasteiger partial charge < -0.3 is 5.73 Å². The average Bonchev–Trinajstić information content (AvgIpc) is 2.44. The molecule has 0 aliphatic carbocycles. The molecular weight excluding hydrogens is 246 g/mol. The van der Waals surface area contributed by atoms with Crippen molar-refractivity contribution in [2.75, 3.05) is 12.3 Å². The van der Waals surface area contributed by atoms with Crippen LogP contribution >= 0.6 is 11.3 Å². The summed E-state index contributed by atoms with van der Waals surface area (Å²) in [6.45, 7) is 5.73. The molecule has 7 heteroatoms. The fourth-order valence-corrected chi connectivity index (χ4v) is 3.57. The number of aryl methyl sites for hydroxylation is 2. The first-order chi connectivity index (χ1) is 7.35. The highest BCUT2D eigenvalue weighted by Gasteiger charge is 2.18. The van der Waals surface area contributed by atoms with E-state index in [0.717, 1.165) is 15.6 Å². The highest BCUT2D eigenvalue weighted by Crippen LogP contribution is 2.24. The number of aromatic nitrogens is 1. The van der Waals surface area contributed by atoms with Crippen LogP contribution in [-0.2, 0) is 10.0 Å². The van der Waals surface area contributed by atoms with Crippen molar-refractivity contribution in [3.63, 3.8) is 0 Å². The van der Waals surface area contributed by atoms with Crippen molar-refractivity contribution in [2.45, 2.75) is 26.8 Å². The molecule has 0 saturated heterocycles. The molecule has 0 fully saturated rings. The summed E-state index contributed by atoms with van der Waals surface area (Å²) in [5.74, 6) is -0.0474. The predicted molar refractivity (Wildman–Crippen MR) is 66.0 cm³/mol. The van der Waals surface area contributed by atoms with Gasteiger partial charge in [0.2, 0.25) is 10.0 Å². The molecule has 3 N–H and O–H groups in total. The molecule has 16 heavy (non-hydrogen) atoms. The van der Waals surface area contributed by atoms with Gasteiger partial charge in [0.25, 0.3) is 0 Å². The van der Waals surface area contributed by atoms with Gasteiger partial charge in [0, 0.05) is 11.4 Å². The van der Waals surface area contributed by atoms with Crippen molar-refractivity contribution in [3.8, 4) is 0 Å². The highest BCUT2D eigenvalue weighted by atomic mass is 32.2. The zero-order valence-electron chi connectivity index (χ0n) is 9.65. The maximum atomic E-state index is 11.5. The van der Waals surface area contributed by atoms with E-state index in [4.69, 9.17) is 5.73 Å². The van der Waals surface area contributed by atoms with Gasteiger partial charge in [-0.1, -0.05) is 0 Å². The molecule has 0 bridgehead atoms. The minimum absolute atomic E-state index is 0.0474. The Morgan fingerprint density at radius 1 is 1.50 bits per heavy atom. The van der Waals surface area contributed by atoms with Crippen molar-refractivity contribution in [3.05, 3.63) is 15.6 Å². The number of thiazole rings is 1. The summed E-state index contributed by atoms with van der Waals surface area (Å²) >= 11 is 1.51. The molecule has 0 amide bonds. The molecule has 1 atom stereocenters. The third kappa shape index (κ3) is 3.51. The Kier molecular flexibility index (Phi) is 4.43. The van der Waals surface area contributed by atoms with E-state index in [2.05, 4.69) is 9.71 Å². The summed E-state index contributed by atoms with van der Waals surface area (Å²) in [5, 5.41) is 0.942. The topological polar surface area (TPSA) is 85.1 Å². The molecule has 0 spiro atoms. The summed E-state index contributed by atoms with van der Waals surface area (Å²) in [6, 6.07) is -0.247. The van der Waals surface area contributed by atoms with Gasteiger partial charge in [-0.05, 0) is 20.8 Å². The molecule has 1 rings (SSSR count). The smallest absolute Gasteiger partial charge is 0.213 e. The Hall–Kier alpha value is -0.500. The van der Waals surface area contributed by atoms with Crippen LogP contribution in [0.25, 0.3) is 0 Å². The van der Waals surface area contributed by atoms with E-state index in [1.807, 2.05) is 20.8 Å². The number of nitrogens with zero attached hydrogens (tertiary/aromatic N) is 1. The monoisotopic (exact) mass is 263 g/mol. The molecule has 92 valence electrons. The van der Waals surface area contributed by atoms with E-state index >= 15 is 0 Å². The second kappa shape index (κ2) is 5.22. The van der Waals surface area contributed by atoms with Crippen molar-refractivity contribution in [1.29, 1.82) is 0 Å². The summed E-state index contributed by atoms with van der Waals surface area (Å²) in [5.41, 5.74) is 6.11. The summed E-state index contributed by atoms with van der Waals surface area (Å²) in [6.07, 6.45) is 0. The number of nitrogens with one attached hydrogen (secondary N) is 1. The molecule has 1 aromatic heterocycles. The van der Waals surface area contributed by atoms with Crippen LogP contribution < -0.4 is 10.5 Å². The zero-order valence-corrected chi connectivity index (χ0v) is 11.3. The molecule has 1 unspecified atom stereocenters. The largest absolute Gasteiger partial charge is 0.329 e. The molecule has 0 radical (unpaired) electrons. The SMILES string of the molecule is Cc1nc(C)c(C(C)NS(=O)(=O)CCN)s1. The molecular formula is C9H17N3O2S2. The van der Waals surface area contributed by atoms with E-state index < -0.39 is 10.0 Å². The number of hydrogen-bond donors (Lipinski definition) is 2. The summed E-state index contributed by atoms with van der Waals surface area (Å²) in [4.78, 5) is 5.22. The van der Waals surface area contributed by atoms with Crippen LogP contribution in [0.3, 0.4) is 0 Å². The Labute approximate surface area is 100 Å². The molecule has 1 heterocycles.